The van der Waals surface area contributed by atoms with Crippen LogP contribution in [0, 0.1) is 0 Å². The van der Waals surface area contributed by atoms with E-state index in [1.165, 1.54) is 24.0 Å². The van der Waals surface area contributed by atoms with Crippen molar-refractivity contribution in [1.29, 1.82) is 0 Å². The smallest absolute Gasteiger partial charge is 0.109 e. The molecule has 2 heteroatoms. The summed E-state index contributed by atoms with van der Waals surface area (Å²) in [6, 6.07) is 6.51. The molecule has 2 aliphatic rings. The monoisotopic (exact) mass is 224 g/mol. The Morgan fingerprint density at radius 2 is 2.33 bits per heavy atom. The molecule has 3 rings (SSSR count). The molecule has 1 aliphatic carbocycles. The van der Waals surface area contributed by atoms with Gasteiger partial charge in [-0.25, -0.2) is 0 Å². The van der Waals surface area contributed by atoms with Gasteiger partial charge >= 0.3 is 0 Å². The van der Waals surface area contributed by atoms with Crippen LogP contribution in [0.5, 0.6) is 0 Å². The maximum Gasteiger partial charge on any atom is 0.109 e. The summed E-state index contributed by atoms with van der Waals surface area (Å²) in [7, 11) is 0. The van der Waals surface area contributed by atoms with E-state index < -0.39 is 0 Å². The number of rotatable bonds is 0. The molecule has 0 N–H and O–H groups in total. The molecule has 1 aromatic rings. The number of fused-ring (bicyclic) bond motifs is 3. The summed E-state index contributed by atoms with van der Waals surface area (Å²) >= 11 is 3.48. The molecule has 1 aromatic carbocycles. The van der Waals surface area contributed by atoms with Gasteiger partial charge in [0.2, 0.25) is 0 Å². The lowest BCUT2D eigenvalue weighted by Crippen LogP contribution is -2.03. The zero-order valence-corrected chi connectivity index (χ0v) is 8.17. The van der Waals surface area contributed by atoms with Gasteiger partial charge in [-0.3, -0.25) is 0 Å². The highest BCUT2D eigenvalue weighted by molar-refractivity contribution is 9.10. The molecule has 0 amide bonds. The fraction of sp³-hybridized carbons (Fsp3) is 0.400. The predicted molar refractivity (Wildman–Crippen MR) is 50.1 cm³/mol. The van der Waals surface area contributed by atoms with Crippen LogP contribution >= 0.6 is 15.9 Å². The molecule has 1 aliphatic heterocycles. The van der Waals surface area contributed by atoms with Gasteiger partial charge in [0.15, 0.2) is 0 Å². The molecule has 1 nitrogen and oxygen atoms in total. The van der Waals surface area contributed by atoms with Crippen LogP contribution in [0.4, 0.5) is 0 Å². The first kappa shape index (κ1) is 7.10. The Labute approximate surface area is 79.9 Å². The number of halogens is 1. The molecule has 1 heterocycles. The summed E-state index contributed by atoms with van der Waals surface area (Å²) in [6.45, 7) is 0. The van der Waals surface area contributed by atoms with Crippen LogP contribution in [0.2, 0.25) is 0 Å². The number of hydrogen-bond donors (Lipinski definition) is 0. The topological polar surface area (TPSA) is 12.5 Å². The quantitative estimate of drug-likeness (QED) is 0.618. The second-order valence-corrected chi connectivity index (χ2v) is 4.39. The van der Waals surface area contributed by atoms with E-state index in [-0.39, 0.29) is 0 Å². The standard InChI is InChI=1S/C10H9BrO/c11-7-3-1-6-2-4-9-10(12-9)8(6)5-7/h1,3,5,9-10H,2,4H2. The average Bonchev–Trinajstić information content (AvgIpc) is 2.82. The lowest BCUT2D eigenvalue weighted by atomic mass is 9.92. The van der Waals surface area contributed by atoms with Crippen molar-refractivity contribution in [2.24, 2.45) is 0 Å². The lowest BCUT2D eigenvalue weighted by Gasteiger charge is -2.11. The van der Waals surface area contributed by atoms with Gasteiger partial charge in [0, 0.05) is 4.47 Å². The van der Waals surface area contributed by atoms with Gasteiger partial charge in [0.05, 0.1) is 6.10 Å². The third kappa shape index (κ3) is 0.947. The highest BCUT2D eigenvalue weighted by Gasteiger charge is 2.43. The van der Waals surface area contributed by atoms with Crippen molar-refractivity contribution in [2.45, 2.75) is 25.0 Å². The molecular formula is C10H9BrO. The Bertz CT molecular complexity index is 335. The summed E-state index contributed by atoms with van der Waals surface area (Å²) in [6.07, 6.45) is 3.35. The summed E-state index contributed by atoms with van der Waals surface area (Å²) in [5.74, 6) is 0. The maximum absolute atomic E-state index is 5.54. The minimum atomic E-state index is 0.422. The van der Waals surface area contributed by atoms with Gasteiger partial charge < -0.3 is 4.74 Å². The molecule has 2 unspecified atom stereocenters. The van der Waals surface area contributed by atoms with E-state index in [1.54, 1.807) is 0 Å². The van der Waals surface area contributed by atoms with Crippen molar-refractivity contribution in [1.82, 2.24) is 0 Å². The van der Waals surface area contributed by atoms with Gasteiger partial charge in [-0.15, -0.1) is 0 Å². The largest absolute Gasteiger partial charge is 0.364 e. The summed E-state index contributed by atoms with van der Waals surface area (Å²) in [4.78, 5) is 0. The van der Waals surface area contributed by atoms with E-state index >= 15 is 0 Å². The number of hydrogen-bond acceptors (Lipinski definition) is 1. The van der Waals surface area contributed by atoms with Gasteiger partial charge in [0.25, 0.3) is 0 Å². The second kappa shape index (κ2) is 2.33. The number of benzene rings is 1. The van der Waals surface area contributed by atoms with Gasteiger partial charge in [-0.05, 0) is 36.1 Å². The molecule has 0 radical (unpaired) electrons. The van der Waals surface area contributed by atoms with Crippen molar-refractivity contribution in [3.63, 3.8) is 0 Å². The van der Waals surface area contributed by atoms with E-state index in [9.17, 15) is 0 Å². The minimum absolute atomic E-state index is 0.422. The van der Waals surface area contributed by atoms with E-state index in [1.807, 2.05) is 0 Å². The third-order valence-electron chi connectivity index (χ3n) is 2.70. The van der Waals surface area contributed by atoms with E-state index in [0.717, 1.165) is 4.47 Å². The van der Waals surface area contributed by atoms with Crippen molar-refractivity contribution in [3.05, 3.63) is 33.8 Å². The van der Waals surface area contributed by atoms with E-state index in [4.69, 9.17) is 4.74 Å². The first-order valence-electron chi connectivity index (χ1n) is 4.28. The van der Waals surface area contributed by atoms with Crippen molar-refractivity contribution >= 4 is 15.9 Å². The minimum Gasteiger partial charge on any atom is -0.364 e. The third-order valence-corrected chi connectivity index (χ3v) is 3.19. The molecule has 0 aromatic heterocycles. The van der Waals surface area contributed by atoms with E-state index in [0.29, 0.717) is 12.2 Å². The van der Waals surface area contributed by atoms with Crippen LogP contribution in [0.3, 0.4) is 0 Å². The summed E-state index contributed by atoms with van der Waals surface area (Å²) < 4.78 is 6.70. The maximum atomic E-state index is 5.54. The molecule has 62 valence electrons. The molecule has 2 atom stereocenters. The Morgan fingerprint density at radius 3 is 3.25 bits per heavy atom. The van der Waals surface area contributed by atoms with Crippen molar-refractivity contribution < 1.29 is 4.74 Å². The van der Waals surface area contributed by atoms with Crippen LogP contribution in [-0.2, 0) is 11.2 Å². The average molecular weight is 225 g/mol. The van der Waals surface area contributed by atoms with Crippen LogP contribution in [0.1, 0.15) is 23.7 Å². The lowest BCUT2D eigenvalue weighted by molar-refractivity contribution is 0.372. The number of ether oxygens (including phenoxy) is 1. The highest BCUT2D eigenvalue weighted by atomic mass is 79.9. The van der Waals surface area contributed by atoms with Crippen molar-refractivity contribution in [2.75, 3.05) is 0 Å². The molecule has 1 saturated heterocycles. The first-order chi connectivity index (χ1) is 5.84. The molecule has 0 spiro atoms. The summed E-state index contributed by atoms with van der Waals surface area (Å²) in [5.41, 5.74) is 2.87. The van der Waals surface area contributed by atoms with Crippen LogP contribution in [0.15, 0.2) is 22.7 Å². The molecular weight excluding hydrogens is 216 g/mol. The van der Waals surface area contributed by atoms with Crippen LogP contribution in [-0.4, -0.2) is 6.10 Å². The van der Waals surface area contributed by atoms with Gasteiger partial charge in [-0.2, -0.15) is 0 Å². The Balaban J connectivity index is 2.14. The second-order valence-electron chi connectivity index (χ2n) is 3.48. The van der Waals surface area contributed by atoms with Crippen LogP contribution < -0.4 is 0 Å². The van der Waals surface area contributed by atoms with Gasteiger partial charge in [0.1, 0.15) is 6.10 Å². The van der Waals surface area contributed by atoms with Crippen LogP contribution in [0.25, 0.3) is 0 Å². The summed E-state index contributed by atoms with van der Waals surface area (Å²) in [5, 5.41) is 0. The fourth-order valence-electron chi connectivity index (χ4n) is 1.99. The Hall–Kier alpha value is -0.340. The van der Waals surface area contributed by atoms with E-state index in [2.05, 4.69) is 34.1 Å². The number of aryl methyl sites for hydroxylation is 1. The molecule has 12 heavy (non-hydrogen) atoms. The fourth-order valence-corrected chi connectivity index (χ4v) is 2.37. The zero-order valence-electron chi connectivity index (χ0n) is 6.59. The van der Waals surface area contributed by atoms with Gasteiger partial charge in [-0.1, -0.05) is 22.0 Å². The Morgan fingerprint density at radius 1 is 1.42 bits per heavy atom. The molecule has 0 bridgehead atoms. The zero-order chi connectivity index (χ0) is 8.13. The Kier molecular flexibility index (Phi) is 1.38. The van der Waals surface area contributed by atoms with Crippen molar-refractivity contribution in [3.8, 4) is 0 Å². The molecule has 1 fully saturated rings. The first-order valence-corrected chi connectivity index (χ1v) is 5.08. The SMILES string of the molecule is Brc1ccc2c(c1)C1OC1CC2. The number of epoxide rings is 1. The predicted octanol–water partition coefficient (Wildman–Crippen LogP) is 2.84. The normalized spacial score (nSPS) is 30.8. The highest BCUT2D eigenvalue weighted by Crippen LogP contribution is 2.47. The molecule has 0 saturated carbocycles.